The van der Waals surface area contributed by atoms with Crippen LogP contribution in [0, 0.1) is 0 Å². The molecule has 3 heteroatoms. The lowest BCUT2D eigenvalue weighted by Gasteiger charge is -2.20. The van der Waals surface area contributed by atoms with Gasteiger partial charge in [0.15, 0.2) is 0 Å². The maximum Gasteiger partial charge on any atom is -0.00218 e. The molecular formula is C20H47N3. The zero-order chi connectivity index (χ0) is 17.9. The van der Waals surface area contributed by atoms with Crippen molar-refractivity contribution in [2.75, 3.05) is 60.4 Å². The normalized spacial score (nSPS) is 19.3. The number of rotatable bonds is 2. The molecular weight excluding hydrogens is 282 g/mol. The molecule has 0 N–H and O–H groups in total. The van der Waals surface area contributed by atoms with Gasteiger partial charge in [0.2, 0.25) is 0 Å². The summed E-state index contributed by atoms with van der Waals surface area (Å²) in [6, 6.07) is 0. The molecule has 2 saturated heterocycles. The number of nitrogens with zero attached hydrogens (tertiary/aromatic N) is 3. The Morgan fingerprint density at radius 2 is 0.870 bits per heavy atom. The van der Waals surface area contributed by atoms with Gasteiger partial charge >= 0.3 is 0 Å². The molecule has 23 heavy (non-hydrogen) atoms. The van der Waals surface area contributed by atoms with E-state index in [9.17, 15) is 0 Å². The van der Waals surface area contributed by atoms with Gasteiger partial charge in [0.05, 0.1) is 0 Å². The van der Waals surface area contributed by atoms with E-state index < -0.39 is 0 Å². The van der Waals surface area contributed by atoms with Crippen molar-refractivity contribution in [3.63, 3.8) is 0 Å². The largest absolute Gasteiger partial charge is 0.307 e. The number of likely N-dealkylation sites (tertiary alicyclic amines) is 2. The van der Waals surface area contributed by atoms with Gasteiger partial charge in [0, 0.05) is 0 Å². The third-order valence-electron chi connectivity index (χ3n) is 4.49. The van der Waals surface area contributed by atoms with Crippen LogP contribution in [0.2, 0.25) is 0 Å². The first-order valence-corrected chi connectivity index (χ1v) is 10.2. The fraction of sp³-hybridized carbons (Fsp3) is 1.00. The van der Waals surface area contributed by atoms with Crippen molar-refractivity contribution < 1.29 is 0 Å². The van der Waals surface area contributed by atoms with Crippen LogP contribution in [0.1, 0.15) is 72.6 Å². The van der Waals surface area contributed by atoms with E-state index in [0.29, 0.717) is 0 Å². The van der Waals surface area contributed by atoms with Gasteiger partial charge in [-0.05, 0) is 86.1 Å². The van der Waals surface area contributed by atoms with Gasteiger partial charge in [-0.15, -0.1) is 0 Å². The summed E-state index contributed by atoms with van der Waals surface area (Å²) < 4.78 is 0. The quantitative estimate of drug-likeness (QED) is 0.734. The van der Waals surface area contributed by atoms with E-state index >= 15 is 0 Å². The smallest absolute Gasteiger partial charge is 0.00218 e. The molecule has 2 heterocycles. The molecule has 0 amide bonds. The van der Waals surface area contributed by atoms with Gasteiger partial charge in [-0.1, -0.05) is 47.0 Å². The number of hydrogen-bond donors (Lipinski definition) is 0. The minimum atomic E-state index is 1.16. The molecule has 0 aliphatic carbocycles. The predicted octanol–water partition coefficient (Wildman–Crippen LogP) is 4.58. The highest BCUT2D eigenvalue weighted by molar-refractivity contribution is 4.58. The molecule has 0 aromatic rings. The van der Waals surface area contributed by atoms with E-state index in [1.54, 1.807) is 0 Å². The van der Waals surface area contributed by atoms with Crippen LogP contribution in [0.4, 0.5) is 0 Å². The number of hydrogen-bond acceptors (Lipinski definition) is 3. The van der Waals surface area contributed by atoms with Crippen LogP contribution in [0.15, 0.2) is 0 Å². The highest BCUT2D eigenvalue weighted by Gasteiger charge is 2.02. The van der Waals surface area contributed by atoms with Gasteiger partial charge in [0.1, 0.15) is 0 Å². The minimum Gasteiger partial charge on any atom is -0.307 e. The van der Waals surface area contributed by atoms with Crippen molar-refractivity contribution in [2.45, 2.75) is 72.6 Å². The summed E-state index contributed by atoms with van der Waals surface area (Å²) in [5.41, 5.74) is 0. The van der Waals surface area contributed by atoms with Gasteiger partial charge < -0.3 is 14.7 Å². The maximum absolute atomic E-state index is 2.42. The van der Waals surface area contributed by atoms with Crippen LogP contribution in [0.25, 0.3) is 0 Å². The summed E-state index contributed by atoms with van der Waals surface area (Å²) in [7, 11) is 6.52. The molecule has 2 aliphatic rings. The SMILES string of the molecule is CC.CCN(C)CC.CN1CCCCC1.CN1CCCCCC1. The summed E-state index contributed by atoms with van der Waals surface area (Å²) in [4.78, 5) is 7.07. The van der Waals surface area contributed by atoms with Crippen molar-refractivity contribution >= 4 is 0 Å². The van der Waals surface area contributed by atoms with Crippen LogP contribution < -0.4 is 0 Å². The first-order chi connectivity index (χ1) is 11.1. The molecule has 2 rings (SSSR count). The average molecular weight is 330 g/mol. The molecule has 0 aromatic carbocycles. The zero-order valence-corrected chi connectivity index (χ0v) is 17.5. The van der Waals surface area contributed by atoms with E-state index in [2.05, 4.69) is 49.7 Å². The van der Waals surface area contributed by atoms with Crippen LogP contribution in [-0.4, -0.2) is 75.1 Å². The minimum absolute atomic E-state index is 1.16. The van der Waals surface area contributed by atoms with Gasteiger partial charge in [-0.3, -0.25) is 0 Å². The molecule has 2 fully saturated rings. The molecule has 0 spiro atoms. The second-order valence-corrected chi connectivity index (χ2v) is 6.57. The van der Waals surface area contributed by atoms with E-state index in [0.717, 1.165) is 13.1 Å². The van der Waals surface area contributed by atoms with Crippen LogP contribution >= 0.6 is 0 Å². The molecule has 0 saturated carbocycles. The van der Waals surface area contributed by atoms with Gasteiger partial charge in [0.25, 0.3) is 0 Å². The zero-order valence-electron chi connectivity index (χ0n) is 17.5. The van der Waals surface area contributed by atoms with E-state index in [1.807, 2.05) is 13.8 Å². The fourth-order valence-electron chi connectivity index (χ4n) is 2.50. The maximum atomic E-state index is 2.42. The Bertz CT molecular complexity index is 191. The highest BCUT2D eigenvalue weighted by atomic mass is 15.1. The standard InChI is InChI=1S/C7H15N.C6H13N.C5H13N.C2H6/c1-8-6-4-2-3-5-7-8;1-7-5-3-2-4-6-7;1-4-6(3)5-2;1-2/h2-7H2,1H3;2-6H2,1H3;4-5H2,1-3H3;1-2H3. The average Bonchev–Trinajstić information content (AvgIpc) is 2.85. The molecule has 3 nitrogen and oxygen atoms in total. The molecule has 0 atom stereocenters. The molecule has 0 unspecified atom stereocenters. The summed E-state index contributed by atoms with van der Waals surface area (Å²) in [5, 5.41) is 0. The Labute approximate surface area is 148 Å². The Kier molecular flexibility index (Phi) is 21.8. The summed E-state index contributed by atoms with van der Waals surface area (Å²) in [6.45, 7) is 15.9. The third-order valence-corrected chi connectivity index (χ3v) is 4.49. The Morgan fingerprint density at radius 3 is 1.09 bits per heavy atom. The first-order valence-electron chi connectivity index (χ1n) is 10.2. The predicted molar refractivity (Wildman–Crippen MR) is 108 cm³/mol. The van der Waals surface area contributed by atoms with Crippen LogP contribution in [0.5, 0.6) is 0 Å². The molecule has 0 bridgehead atoms. The summed E-state index contributed by atoms with van der Waals surface area (Å²) in [5.74, 6) is 0. The van der Waals surface area contributed by atoms with E-state index in [-0.39, 0.29) is 0 Å². The van der Waals surface area contributed by atoms with Crippen molar-refractivity contribution in [1.29, 1.82) is 0 Å². The molecule has 0 aromatic heterocycles. The second-order valence-electron chi connectivity index (χ2n) is 6.57. The van der Waals surface area contributed by atoms with Crippen LogP contribution in [-0.2, 0) is 0 Å². The van der Waals surface area contributed by atoms with Crippen molar-refractivity contribution in [3.8, 4) is 0 Å². The number of piperidine rings is 1. The lowest BCUT2D eigenvalue weighted by Crippen LogP contribution is -2.24. The molecule has 0 radical (unpaired) electrons. The lowest BCUT2D eigenvalue weighted by molar-refractivity contribution is 0.277. The highest BCUT2D eigenvalue weighted by Crippen LogP contribution is 2.06. The lowest BCUT2D eigenvalue weighted by atomic mass is 10.1. The monoisotopic (exact) mass is 329 g/mol. The third kappa shape index (κ3) is 19.8. The Balaban J connectivity index is 0. The van der Waals surface area contributed by atoms with Crippen molar-refractivity contribution in [2.24, 2.45) is 0 Å². The van der Waals surface area contributed by atoms with Crippen molar-refractivity contribution in [1.82, 2.24) is 14.7 Å². The Hall–Kier alpha value is -0.120. The molecule has 142 valence electrons. The Morgan fingerprint density at radius 1 is 0.609 bits per heavy atom. The molecule has 2 aliphatic heterocycles. The van der Waals surface area contributed by atoms with E-state index in [1.165, 1.54) is 71.1 Å². The fourth-order valence-corrected chi connectivity index (χ4v) is 2.50. The summed E-state index contributed by atoms with van der Waals surface area (Å²) in [6.07, 6.45) is 10.00. The van der Waals surface area contributed by atoms with Gasteiger partial charge in [-0.2, -0.15) is 0 Å². The van der Waals surface area contributed by atoms with Crippen LogP contribution in [0.3, 0.4) is 0 Å². The van der Waals surface area contributed by atoms with E-state index in [4.69, 9.17) is 0 Å². The second kappa shape index (κ2) is 19.9. The first kappa shape index (κ1) is 25.1. The van der Waals surface area contributed by atoms with Gasteiger partial charge in [-0.25, -0.2) is 0 Å². The topological polar surface area (TPSA) is 9.72 Å². The van der Waals surface area contributed by atoms with Crippen molar-refractivity contribution in [3.05, 3.63) is 0 Å². The summed E-state index contributed by atoms with van der Waals surface area (Å²) >= 11 is 0.